The van der Waals surface area contributed by atoms with Crippen LogP contribution >= 0.6 is 21.2 Å². The number of halogens is 1. The van der Waals surface area contributed by atoms with Gasteiger partial charge in [0.2, 0.25) is 0 Å². The highest BCUT2D eigenvalue weighted by atomic mass is 127. The molecule has 0 aliphatic heterocycles. The first-order chi connectivity index (χ1) is 16.2. The summed E-state index contributed by atoms with van der Waals surface area (Å²) in [5, 5.41) is 11.3. The van der Waals surface area contributed by atoms with E-state index in [1.807, 2.05) is 24.3 Å². The van der Waals surface area contributed by atoms with Crippen molar-refractivity contribution in [1.29, 1.82) is 0 Å². The quantitative estimate of drug-likeness (QED) is 0.136. The third kappa shape index (κ3) is 10.2. The predicted octanol–water partition coefficient (Wildman–Crippen LogP) is 9.83. The maximum absolute atomic E-state index is 11.9. The van der Waals surface area contributed by atoms with E-state index in [1.54, 1.807) is 0 Å². The van der Waals surface area contributed by atoms with Gasteiger partial charge in [-0.15, -0.1) is 0 Å². The van der Waals surface area contributed by atoms with Gasteiger partial charge >= 0.3 is 5.97 Å². The maximum Gasteiger partial charge on any atom is 0.337 e. The van der Waals surface area contributed by atoms with Crippen molar-refractivity contribution in [3.8, 4) is 0 Å². The fourth-order valence-electron chi connectivity index (χ4n) is 4.72. The summed E-state index contributed by atoms with van der Waals surface area (Å²) < 4.78 is 12.5. The highest BCUT2D eigenvalue weighted by Gasteiger charge is 2.18. The highest BCUT2D eigenvalue weighted by Crippen LogP contribution is 2.30. The van der Waals surface area contributed by atoms with E-state index in [0.29, 0.717) is 8.96 Å². The fraction of sp³-hybridized carbons (Fsp3) is 0.621. The smallest absolute Gasteiger partial charge is 0.337 e. The number of hydrogen-bond donors (Lipinski definition) is 1. The molecule has 1 N–H and O–H groups in total. The normalized spacial score (nSPS) is 11.3. The van der Waals surface area contributed by atoms with E-state index in [4.69, 9.17) is 0 Å². The molecule has 3 nitrogen and oxygen atoms in total. The second-order valence-electron chi connectivity index (χ2n) is 9.38. The van der Waals surface area contributed by atoms with Crippen molar-refractivity contribution in [2.45, 2.75) is 116 Å². The summed E-state index contributed by atoms with van der Waals surface area (Å²) in [5.41, 5.74) is 1.22. The summed E-state index contributed by atoms with van der Waals surface area (Å²) in [7, 11) is 0. The number of hydrogen-bond acceptors (Lipinski definition) is 2. The standard InChI is InChI=1S/C29H43IO3/c1-2-3-4-5-6-7-8-9-10-11-12-13-14-15-16-17-21-25-23-24-20-18-19-22-26(24)27(29(31)32)28(25)30-33/h18-20,22-23H,2-17,21H2,1H3,(H,31,32). The Labute approximate surface area is 211 Å². The number of fused-ring (bicyclic) bond motifs is 1. The predicted molar refractivity (Wildman–Crippen MR) is 148 cm³/mol. The Morgan fingerprint density at radius 2 is 1.24 bits per heavy atom. The molecule has 0 aliphatic rings. The lowest BCUT2D eigenvalue weighted by Crippen LogP contribution is -2.05. The number of aryl methyl sites for hydroxylation is 1. The Balaban J connectivity index is 1.59. The van der Waals surface area contributed by atoms with Gasteiger partial charge in [0.05, 0.1) is 9.13 Å². The van der Waals surface area contributed by atoms with Gasteiger partial charge in [-0.2, -0.15) is 0 Å². The summed E-state index contributed by atoms with van der Waals surface area (Å²) in [6.45, 7) is 2.27. The van der Waals surface area contributed by atoms with Gasteiger partial charge in [-0.25, -0.2) is 4.79 Å². The average molecular weight is 567 g/mol. The van der Waals surface area contributed by atoms with E-state index in [-0.39, 0.29) is 5.56 Å². The Hall–Kier alpha value is -1.30. The van der Waals surface area contributed by atoms with Gasteiger partial charge in [-0.3, -0.25) is 3.07 Å². The molecule has 0 aliphatic carbocycles. The molecule has 2 rings (SSSR count). The molecule has 0 amide bonds. The number of carboxylic acids is 1. The molecule has 0 radical (unpaired) electrons. The van der Waals surface area contributed by atoms with Crippen LogP contribution in [0.2, 0.25) is 0 Å². The first kappa shape index (κ1) is 27.9. The minimum atomic E-state index is -1.52. The molecule has 2 aromatic carbocycles. The van der Waals surface area contributed by atoms with Crippen molar-refractivity contribution in [2.24, 2.45) is 0 Å². The van der Waals surface area contributed by atoms with E-state index in [0.717, 1.165) is 30.2 Å². The van der Waals surface area contributed by atoms with Crippen LogP contribution in [-0.2, 0) is 9.49 Å². The zero-order valence-corrected chi connectivity index (χ0v) is 22.7. The summed E-state index contributed by atoms with van der Waals surface area (Å²) in [4.78, 5) is 11.8. The minimum Gasteiger partial charge on any atom is -0.478 e. The number of aromatic carboxylic acids is 1. The first-order valence-electron chi connectivity index (χ1n) is 13.2. The molecule has 4 heteroatoms. The van der Waals surface area contributed by atoms with Gasteiger partial charge in [0, 0.05) is 0 Å². The largest absolute Gasteiger partial charge is 0.478 e. The van der Waals surface area contributed by atoms with Crippen LogP contribution in [0.25, 0.3) is 10.8 Å². The van der Waals surface area contributed by atoms with Gasteiger partial charge in [0.15, 0.2) is 21.2 Å². The molecule has 2 aromatic rings. The third-order valence-electron chi connectivity index (χ3n) is 6.65. The van der Waals surface area contributed by atoms with E-state index < -0.39 is 27.2 Å². The number of carboxylic acid groups (broad SMARTS) is 1. The van der Waals surface area contributed by atoms with Crippen LogP contribution in [0.15, 0.2) is 30.3 Å². The van der Waals surface area contributed by atoms with E-state index in [2.05, 4.69) is 13.0 Å². The molecule has 0 aromatic heterocycles. The summed E-state index contributed by atoms with van der Waals surface area (Å²) in [6.07, 6.45) is 22.2. The lowest BCUT2D eigenvalue weighted by molar-refractivity contribution is 0.0697. The number of carbonyl (C=O) groups is 1. The number of unbranched alkanes of at least 4 members (excludes halogenated alkanes) is 15. The van der Waals surface area contributed by atoms with Crippen molar-refractivity contribution in [3.05, 3.63) is 45.0 Å². The molecule has 0 saturated carbocycles. The van der Waals surface area contributed by atoms with Crippen LogP contribution in [0.1, 0.15) is 126 Å². The first-order valence-corrected chi connectivity index (χ1v) is 15.2. The van der Waals surface area contributed by atoms with Crippen LogP contribution in [0, 0.1) is 3.57 Å². The van der Waals surface area contributed by atoms with E-state index >= 15 is 0 Å². The maximum atomic E-state index is 11.9. The van der Waals surface area contributed by atoms with Crippen LogP contribution in [0.4, 0.5) is 0 Å². The summed E-state index contributed by atoms with van der Waals surface area (Å²) >= 11 is -1.52. The zero-order valence-electron chi connectivity index (χ0n) is 20.5. The fourth-order valence-corrected chi connectivity index (χ4v) is 6.17. The molecule has 0 saturated heterocycles. The molecule has 0 fully saturated rings. The SMILES string of the molecule is CCCCCCCCCCCCCCCCCCc1cc2ccccc2c(C(=O)O)c1I=O. The molecule has 0 unspecified atom stereocenters. The van der Waals surface area contributed by atoms with Gasteiger partial charge in [-0.05, 0) is 35.2 Å². The number of rotatable bonds is 19. The van der Waals surface area contributed by atoms with Crippen LogP contribution < -0.4 is 0 Å². The van der Waals surface area contributed by atoms with E-state index in [9.17, 15) is 13.0 Å². The average Bonchev–Trinajstić information content (AvgIpc) is 2.82. The Bertz CT molecular complexity index is 846. The zero-order chi connectivity index (χ0) is 23.7. The summed E-state index contributed by atoms with van der Waals surface area (Å²) in [6, 6.07) is 9.60. The van der Waals surface area contributed by atoms with Crippen molar-refractivity contribution in [1.82, 2.24) is 0 Å². The molecule has 0 bridgehead atoms. The molecular formula is C29H43IO3. The van der Waals surface area contributed by atoms with E-state index in [1.165, 1.54) is 89.9 Å². The monoisotopic (exact) mass is 566 g/mol. The van der Waals surface area contributed by atoms with Gasteiger partial charge in [0.1, 0.15) is 0 Å². The van der Waals surface area contributed by atoms with Crippen molar-refractivity contribution in [2.75, 3.05) is 0 Å². The topological polar surface area (TPSA) is 54.4 Å². The van der Waals surface area contributed by atoms with Gasteiger partial charge < -0.3 is 5.11 Å². The van der Waals surface area contributed by atoms with Crippen molar-refractivity contribution >= 4 is 37.9 Å². The minimum absolute atomic E-state index is 0.252. The number of benzene rings is 2. The lowest BCUT2D eigenvalue weighted by Gasteiger charge is -2.11. The summed E-state index contributed by atoms with van der Waals surface area (Å²) in [5.74, 6) is -0.967. The molecule has 0 atom stereocenters. The van der Waals surface area contributed by atoms with Gasteiger partial charge in [-0.1, -0.05) is 128 Å². The Morgan fingerprint density at radius 1 is 0.758 bits per heavy atom. The molecule has 33 heavy (non-hydrogen) atoms. The third-order valence-corrected chi connectivity index (χ3v) is 8.32. The second kappa shape index (κ2) is 17.2. The Kier molecular flexibility index (Phi) is 14.5. The van der Waals surface area contributed by atoms with Crippen molar-refractivity contribution in [3.63, 3.8) is 0 Å². The Morgan fingerprint density at radius 3 is 1.73 bits per heavy atom. The molecule has 184 valence electrons. The second-order valence-corrected chi connectivity index (χ2v) is 10.9. The molecular weight excluding hydrogens is 523 g/mol. The van der Waals surface area contributed by atoms with Crippen LogP contribution in [0.5, 0.6) is 0 Å². The highest BCUT2D eigenvalue weighted by molar-refractivity contribution is 14.1. The molecule has 0 spiro atoms. The van der Waals surface area contributed by atoms with Gasteiger partial charge in [0.25, 0.3) is 0 Å². The van der Waals surface area contributed by atoms with Crippen LogP contribution in [-0.4, -0.2) is 11.1 Å². The molecule has 0 heterocycles. The van der Waals surface area contributed by atoms with Crippen molar-refractivity contribution < 1.29 is 13.0 Å². The van der Waals surface area contributed by atoms with Crippen LogP contribution in [0.3, 0.4) is 0 Å². The lowest BCUT2D eigenvalue weighted by atomic mass is 9.97.